The summed E-state index contributed by atoms with van der Waals surface area (Å²) in [7, 11) is 0. The molecule has 0 atom stereocenters. The number of isothiocyanates is 1. The zero-order valence-electron chi connectivity index (χ0n) is 9.62. The first-order valence-electron chi connectivity index (χ1n) is 4.72. The van der Waals surface area contributed by atoms with Gasteiger partial charge in [0, 0.05) is 5.41 Å². The smallest absolute Gasteiger partial charge is 0.230 e. The highest BCUT2D eigenvalue weighted by atomic mass is 32.1. The van der Waals surface area contributed by atoms with Gasteiger partial charge >= 0.3 is 0 Å². The summed E-state index contributed by atoms with van der Waals surface area (Å²) in [4.78, 5) is 15.7. The molecule has 1 aromatic heterocycles. The van der Waals surface area contributed by atoms with E-state index in [1.54, 1.807) is 0 Å². The maximum atomic E-state index is 11.8. The molecule has 0 radical (unpaired) electrons. The van der Waals surface area contributed by atoms with Crippen LogP contribution in [0.15, 0.2) is 4.99 Å². The molecule has 1 aromatic rings. The number of nitrogens with one attached hydrogen (secondary N) is 1. The second-order valence-electron chi connectivity index (χ2n) is 4.35. The lowest BCUT2D eigenvalue weighted by atomic mass is 9.96. The normalized spacial score (nSPS) is 10.8. The van der Waals surface area contributed by atoms with Crippen LogP contribution in [0.4, 0.5) is 10.7 Å². The summed E-state index contributed by atoms with van der Waals surface area (Å²) >= 11 is 5.75. The van der Waals surface area contributed by atoms with Crippen molar-refractivity contribution in [1.29, 1.82) is 0 Å². The summed E-state index contributed by atoms with van der Waals surface area (Å²) in [5.74, 6) is -0.0723. The van der Waals surface area contributed by atoms with E-state index in [-0.39, 0.29) is 5.91 Å². The molecular weight excluding hydrogens is 242 g/mol. The van der Waals surface area contributed by atoms with Crippen LogP contribution in [0.1, 0.15) is 26.5 Å². The fourth-order valence-corrected chi connectivity index (χ4v) is 1.74. The molecule has 0 spiro atoms. The number of carbonyl (C=O) groups excluding carboxylic acids is 1. The van der Waals surface area contributed by atoms with Crippen LogP contribution in [0.2, 0.25) is 0 Å². The second kappa shape index (κ2) is 4.82. The highest BCUT2D eigenvalue weighted by molar-refractivity contribution is 7.78. The highest BCUT2D eigenvalue weighted by Crippen LogP contribution is 2.33. The van der Waals surface area contributed by atoms with Crippen molar-refractivity contribution in [3.8, 4) is 0 Å². The summed E-state index contributed by atoms with van der Waals surface area (Å²) in [6, 6.07) is 0. The fraction of sp³-hybridized carbons (Fsp3) is 0.500. The third kappa shape index (κ3) is 2.95. The molecule has 0 bridgehead atoms. The second-order valence-corrected chi connectivity index (χ2v) is 5.31. The Morgan fingerprint density at radius 1 is 1.56 bits per heavy atom. The number of thiocarbonyl (C=S) groups is 1. The van der Waals surface area contributed by atoms with E-state index in [9.17, 15) is 4.79 Å². The van der Waals surface area contributed by atoms with Gasteiger partial charge in [0.2, 0.25) is 5.91 Å². The minimum absolute atomic E-state index is 0.0723. The number of aryl methyl sites for hydroxylation is 1. The molecule has 4 nitrogen and oxygen atoms in total. The zero-order valence-corrected chi connectivity index (χ0v) is 11.3. The number of rotatable bonds is 2. The van der Waals surface area contributed by atoms with E-state index < -0.39 is 5.41 Å². The summed E-state index contributed by atoms with van der Waals surface area (Å²) < 4.78 is 4.12. The SMILES string of the molecule is Cc1nsc(NC(=O)C(C)(C)C)c1N=C=S. The molecule has 86 valence electrons. The van der Waals surface area contributed by atoms with Gasteiger partial charge in [0.15, 0.2) is 0 Å². The van der Waals surface area contributed by atoms with Crippen LogP contribution < -0.4 is 5.32 Å². The predicted octanol–water partition coefficient (Wildman–Crippen LogP) is 3.17. The van der Waals surface area contributed by atoms with E-state index in [0.29, 0.717) is 10.7 Å². The lowest BCUT2D eigenvalue weighted by Crippen LogP contribution is -2.27. The lowest BCUT2D eigenvalue weighted by molar-refractivity contribution is -0.123. The number of aliphatic imine (C=N–C) groups is 1. The van der Waals surface area contributed by atoms with Gasteiger partial charge in [-0.05, 0) is 30.7 Å². The summed E-state index contributed by atoms with van der Waals surface area (Å²) in [5.41, 5.74) is 0.889. The number of nitrogens with zero attached hydrogens (tertiary/aromatic N) is 2. The van der Waals surface area contributed by atoms with E-state index in [0.717, 1.165) is 5.69 Å². The minimum atomic E-state index is -0.448. The highest BCUT2D eigenvalue weighted by Gasteiger charge is 2.23. The number of carbonyl (C=O) groups is 1. The van der Waals surface area contributed by atoms with Gasteiger partial charge in [-0.2, -0.15) is 9.37 Å². The van der Waals surface area contributed by atoms with Crippen LogP contribution in [0, 0.1) is 12.3 Å². The van der Waals surface area contributed by atoms with Crippen molar-refractivity contribution in [2.24, 2.45) is 10.4 Å². The monoisotopic (exact) mass is 255 g/mol. The first-order valence-corrected chi connectivity index (χ1v) is 5.90. The molecule has 0 aromatic carbocycles. The van der Waals surface area contributed by atoms with Gasteiger partial charge in [-0.3, -0.25) is 4.79 Å². The molecule has 0 saturated heterocycles. The van der Waals surface area contributed by atoms with Crippen LogP contribution in [0.3, 0.4) is 0 Å². The van der Waals surface area contributed by atoms with Crippen molar-refractivity contribution < 1.29 is 4.79 Å². The van der Waals surface area contributed by atoms with E-state index in [2.05, 4.69) is 32.1 Å². The van der Waals surface area contributed by atoms with Crippen LogP contribution >= 0.6 is 23.8 Å². The van der Waals surface area contributed by atoms with Crippen molar-refractivity contribution in [2.45, 2.75) is 27.7 Å². The predicted molar refractivity (Wildman–Crippen MR) is 69.6 cm³/mol. The Bertz CT molecular complexity index is 453. The third-order valence-electron chi connectivity index (χ3n) is 1.90. The standard InChI is InChI=1S/C10H13N3OS2/c1-6-7(11-5-15)8(16-13-6)12-9(14)10(2,3)4/h1-4H3,(H,12,14). The van der Waals surface area contributed by atoms with E-state index in [1.807, 2.05) is 27.7 Å². The van der Waals surface area contributed by atoms with Crippen LogP contribution in [-0.4, -0.2) is 15.4 Å². The van der Waals surface area contributed by atoms with Gasteiger partial charge in [-0.1, -0.05) is 20.8 Å². The molecule has 0 aliphatic heterocycles. The molecule has 0 aliphatic rings. The topological polar surface area (TPSA) is 54.4 Å². The van der Waals surface area contributed by atoms with Crippen molar-refractivity contribution in [2.75, 3.05) is 5.32 Å². The average molecular weight is 255 g/mol. The largest absolute Gasteiger partial charge is 0.314 e. The van der Waals surface area contributed by atoms with E-state index in [4.69, 9.17) is 0 Å². The lowest BCUT2D eigenvalue weighted by Gasteiger charge is -2.16. The van der Waals surface area contributed by atoms with Crippen molar-refractivity contribution in [3.05, 3.63) is 5.69 Å². The Kier molecular flexibility index (Phi) is 3.91. The Labute approximate surface area is 104 Å². The molecule has 0 unspecified atom stereocenters. The van der Waals surface area contributed by atoms with Gasteiger partial charge in [0.25, 0.3) is 0 Å². The van der Waals surface area contributed by atoms with Gasteiger partial charge < -0.3 is 5.32 Å². The van der Waals surface area contributed by atoms with Gasteiger partial charge in [-0.15, -0.1) is 0 Å². The van der Waals surface area contributed by atoms with Gasteiger partial charge in [0.1, 0.15) is 10.7 Å². The maximum absolute atomic E-state index is 11.8. The summed E-state index contributed by atoms with van der Waals surface area (Å²) in [6.07, 6.45) is 0. The van der Waals surface area contributed by atoms with Crippen molar-refractivity contribution >= 4 is 45.5 Å². The molecule has 16 heavy (non-hydrogen) atoms. The Morgan fingerprint density at radius 3 is 2.69 bits per heavy atom. The first kappa shape index (κ1) is 13.0. The zero-order chi connectivity index (χ0) is 12.3. The van der Waals surface area contributed by atoms with Crippen LogP contribution in [-0.2, 0) is 4.79 Å². The average Bonchev–Trinajstić information content (AvgIpc) is 2.49. The number of anilines is 1. The third-order valence-corrected chi connectivity index (χ3v) is 2.83. The van der Waals surface area contributed by atoms with Gasteiger partial charge in [0.05, 0.1) is 10.9 Å². The molecule has 0 aliphatic carbocycles. The number of amides is 1. The fourth-order valence-electron chi connectivity index (χ4n) is 0.915. The first-order chi connectivity index (χ1) is 7.36. The molecule has 1 heterocycles. The molecular formula is C10H13N3OS2. The maximum Gasteiger partial charge on any atom is 0.230 e. The minimum Gasteiger partial charge on any atom is -0.314 e. The van der Waals surface area contributed by atoms with Crippen molar-refractivity contribution in [3.63, 3.8) is 0 Å². The van der Waals surface area contributed by atoms with E-state index in [1.165, 1.54) is 11.5 Å². The molecule has 0 fully saturated rings. The number of hydrogen-bond donors (Lipinski definition) is 1. The van der Waals surface area contributed by atoms with Gasteiger partial charge in [-0.25, -0.2) is 0 Å². The Balaban J connectivity index is 2.98. The van der Waals surface area contributed by atoms with Crippen LogP contribution in [0.5, 0.6) is 0 Å². The number of aromatic nitrogens is 1. The molecule has 6 heteroatoms. The molecule has 1 N–H and O–H groups in total. The number of hydrogen-bond acceptors (Lipinski definition) is 5. The van der Waals surface area contributed by atoms with Crippen LogP contribution in [0.25, 0.3) is 0 Å². The Hall–Kier alpha value is -1.10. The molecule has 1 rings (SSSR count). The Morgan fingerprint density at radius 2 is 2.19 bits per heavy atom. The quantitative estimate of drug-likeness (QED) is 0.652. The van der Waals surface area contributed by atoms with Crippen molar-refractivity contribution in [1.82, 2.24) is 4.37 Å². The molecule has 1 amide bonds. The molecule has 0 saturated carbocycles. The summed E-state index contributed by atoms with van der Waals surface area (Å²) in [5, 5.41) is 5.70. The van der Waals surface area contributed by atoms with E-state index >= 15 is 0 Å². The summed E-state index contributed by atoms with van der Waals surface area (Å²) in [6.45, 7) is 7.35.